The number of H-pyrrole nitrogens is 1. The first-order valence-corrected chi connectivity index (χ1v) is 8.92. The number of nitrogens with one attached hydrogen (secondary N) is 1. The highest BCUT2D eigenvalue weighted by Crippen LogP contribution is 2.60. The number of phosphoric acid groups is 1. The van der Waals surface area contributed by atoms with Crippen molar-refractivity contribution in [3.63, 3.8) is 0 Å². The van der Waals surface area contributed by atoms with E-state index in [1.165, 1.54) is 0 Å². The van der Waals surface area contributed by atoms with Gasteiger partial charge in [0.25, 0.3) is 10.7 Å². The Kier molecular flexibility index (Phi) is 4.48. The van der Waals surface area contributed by atoms with E-state index in [9.17, 15) is 14.2 Å². The summed E-state index contributed by atoms with van der Waals surface area (Å²) in [5.74, 6) is 0. The first-order chi connectivity index (χ1) is 11.1. The Morgan fingerprint density at radius 1 is 1.54 bits per heavy atom. The molecule has 134 valence electrons. The molecular formula is C12H15ClFN2O7P. The van der Waals surface area contributed by atoms with Crippen LogP contribution in [-0.2, 0) is 22.9 Å². The second kappa shape index (κ2) is 6.05. The zero-order valence-electron chi connectivity index (χ0n) is 12.7. The van der Waals surface area contributed by atoms with Crippen molar-refractivity contribution in [2.45, 2.75) is 43.5 Å². The SMILES string of the molecule is CC(C)O[P@@]1(=O)OC[C@H]2O[C@@H](n3ccc(=O)[nH]c3=O)[C@@](F)(Cl)[C@@H]2O1. The van der Waals surface area contributed by atoms with Crippen LogP contribution < -0.4 is 11.2 Å². The maximum absolute atomic E-state index is 15.1. The van der Waals surface area contributed by atoms with Crippen LogP contribution in [0.4, 0.5) is 4.39 Å². The lowest BCUT2D eigenvalue weighted by molar-refractivity contribution is -0.0749. The Labute approximate surface area is 140 Å². The molecule has 1 aromatic heterocycles. The van der Waals surface area contributed by atoms with Crippen molar-refractivity contribution >= 4 is 19.4 Å². The van der Waals surface area contributed by atoms with Gasteiger partial charge in [-0.25, -0.2) is 13.8 Å². The molecule has 0 saturated carbocycles. The van der Waals surface area contributed by atoms with Gasteiger partial charge in [-0.1, -0.05) is 11.6 Å². The van der Waals surface area contributed by atoms with E-state index in [4.69, 9.17) is 29.9 Å². The van der Waals surface area contributed by atoms with Gasteiger partial charge < -0.3 is 4.74 Å². The van der Waals surface area contributed by atoms with Crippen molar-refractivity contribution in [2.75, 3.05) is 6.61 Å². The number of hydrogen-bond donors (Lipinski definition) is 1. The lowest BCUT2D eigenvalue weighted by atomic mass is 10.1. The highest BCUT2D eigenvalue weighted by molar-refractivity contribution is 7.48. The number of rotatable bonds is 3. The molecule has 0 aliphatic carbocycles. The lowest BCUT2D eigenvalue weighted by Crippen LogP contribution is -2.45. The summed E-state index contributed by atoms with van der Waals surface area (Å²) in [5.41, 5.74) is -1.56. The fourth-order valence-electron chi connectivity index (χ4n) is 2.49. The molecule has 0 bridgehead atoms. The molecule has 0 spiro atoms. The first-order valence-electron chi connectivity index (χ1n) is 7.08. The number of ether oxygens (including phenoxy) is 1. The molecule has 0 amide bonds. The van der Waals surface area contributed by atoms with Crippen LogP contribution in [0.3, 0.4) is 0 Å². The molecule has 3 heterocycles. The number of halogens is 2. The zero-order chi connectivity index (χ0) is 17.7. The fraction of sp³-hybridized carbons (Fsp3) is 0.667. The van der Waals surface area contributed by atoms with Crippen LogP contribution in [0.1, 0.15) is 20.1 Å². The molecule has 2 aliphatic heterocycles. The average Bonchev–Trinajstić information content (AvgIpc) is 2.69. The molecule has 2 fully saturated rings. The summed E-state index contributed by atoms with van der Waals surface area (Å²) in [6, 6.07) is 1.02. The van der Waals surface area contributed by atoms with Crippen LogP contribution in [-0.4, -0.2) is 39.6 Å². The standard InChI is InChI=1S/C12H15ClFN2O7P/c1-6(2)22-24(19)20-5-7-9(23-24)12(13,14)10(21-7)16-4-3-8(17)15-11(16)18/h3-4,6-7,9-10H,5H2,1-2H3,(H,15,17,18)/t7-,9-,10-,12-,24-/m1/s1. The number of aromatic amines is 1. The van der Waals surface area contributed by atoms with E-state index in [2.05, 4.69) is 0 Å². The van der Waals surface area contributed by atoms with Crippen molar-refractivity contribution < 1.29 is 27.3 Å². The molecule has 24 heavy (non-hydrogen) atoms. The monoisotopic (exact) mass is 384 g/mol. The van der Waals surface area contributed by atoms with Gasteiger partial charge in [0, 0.05) is 12.3 Å². The van der Waals surface area contributed by atoms with Crippen LogP contribution in [0.2, 0.25) is 0 Å². The van der Waals surface area contributed by atoms with E-state index in [-0.39, 0.29) is 6.61 Å². The van der Waals surface area contributed by atoms with E-state index >= 15 is 4.39 Å². The molecule has 1 aromatic rings. The normalized spacial score (nSPS) is 39.1. The smallest absolute Gasteiger partial charge is 0.344 e. The Morgan fingerprint density at radius 3 is 2.88 bits per heavy atom. The van der Waals surface area contributed by atoms with Crippen molar-refractivity contribution in [3.05, 3.63) is 33.1 Å². The molecule has 1 N–H and O–H groups in total. The summed E-state index contributed by atoms with van der Waals surface area (Å²) >= 11 is 5.92. The first kappa shape index (κ1) is 17.8. The number of aromatic nitrogens is 2. The number of alkyl halides is 2. The van der Waals surface area contributed by atoms with Gasteiger partial charge in [-0.15, -0.1) is 0 Å². The second-order valence-electron chi connectivity index (χ2n) is 5.64. The number of fused-ring (bicyclic) bond motifs is 1. The molecule has 0 aromatic carbocycles. The molecular weight excluding hydrogens is 370 g/mol. The molecule has 9 nitrogen and oxygen atoms in total. The summed E-state index contributed by atoms with van der Waals surface area (Å²) in [6.07, 6.45) is -3.54. The van der Waals surface area contributed by atoms with Crippen LogP contribution in [0, 0.1) is 0 Å². The second-order valence-corrected chi connectivity index (χ2v) is 7.80. The van der Waals surface area contributed by atoms with Crippen molar-refractivity contribution in [3.8, 4) is 0 Å². The molecule has 0 unspecified atom stereocenters. The molecule has 3 rings (SSSR count). The molecule has 0 radical (unpaired) electrons. The Bertz CT molecular complexity index is 794. The Balaban J connectivity index is 1.91. The predicted molar refractivity (Wildman–Crippen MR) is 79.6 cm³/mol. The van der Waals surface area contributed by atoms with Gasteiger partial charge in [0.2, 0.25) is 0 Å². The van der Waals surface area contributed by atoms with Gasteiger partial charge in [-0.05, 0) is 13.8 Å². The Morgan fingerprint density at radius 2 is 2.25 bits per heavy atom. The molecule has 2 aliphatic rings. The summed E-state index contributed by atoms with van der Waals surface area (Å²) in [4.78, 5) is 24.9. The molecule has 5 atom stereocenters. The van der Waals surface area contributed by atoms with Gasteiger partial charge in [0.05, 0.1) is 12.7 Å². The zero-order valence-corrected chi connectivity index (χ0v) is 14.3. The minimum atomic E-state index is -4.01. The number of phosphoric ester groups is 1. The average molecular weight is 385 g/mol. The van der Waals surface area contributed by atoms with Gasteiger partial charge in [0.15, 0.2) is 12.3 Å². The highest BCUT2D eigenvalue weighted by atomic mass is 35.5. The minimum Gasteiger partial charge on any atom is -0.344 e. The maximum atomic E-state index is 15.1. The van der Waals surface area contributed by atoms with Gasteiger partial charge >= 0.3 is 13.5 Å². The van der Waals surface area contributed by atoms with Gasteiger partial charge in [-0.3, -0.25) is 27.9 Å². The Hall–Kier alpha value is -1.03. The molecule has 12 heteroatoms. The van der Waals surface area contributed by atoms with Gasteiger partial charge in [0.1, 0.15) is 6.10 Å². The third kappa shape index (κ3) is 3.10. The van der Waals surface area contributed by atoms with E-state index in [1.807, 2.05) is 4.98 Å². The third-order valence-electron chi connectivity index (χ3n) is 3.43. The van der Waals surface area contributed by atoms with E-state index in [0.717, 1.165) is 16.8 Å². The molecule has 2 saturated heterocycles. The lowest BCUT2D eigenvalue weighted by Gasteiger charge is -2.33. The van der Waals surface area contributed by atoms with Crippen molar-refractivity contribution in [2.24, 2.45) is 0 Å². The van der Waals surface area contributed by atoms with E-state index in [0.29, 0.717) is 0 Å². The van der Waals surface area contributed by atoms with Crippen LogP contribution >= 0.6 is 19.4 Å². The topological polar surface area (TPSA) is 109 Å². The number of hydrogen-bond acceptors (Lipinski definition) is 7. The third-order valence-corrected chi connectivity index (χ3v) is 5.47. The van der Waals surface area contributed by atoms with E-state index in [1.54, 1.807) is 13.8 Å². The van der Waals surface area contributed by atoms with Crippen LogP contribution in [0.15, 0.2) is 21.9 Å². The maximum Gasteiger partial charge on any atom is 0.475 e. The number of nitrogens with zero attached hydrogens (tertiary/aromatic N) is 1. The van der Waals surface area contributed by atoms with E-state index < -0.39 is 48.7 Å². The predicted octanol–water partition coefficient (Wildman–Crippen LogP) is 1.29. The summed E-state index contributed by atoms with van der Waals surface area (Å²) in [7, 11) is -4.01. The minimum absolute atomic E-state index is 0.290. The largest absolute Gasteiger partial charge is 0.475 e. The van der Waals surface area contributed by atoms with Crippen molar-refractivity contribution in [1.29, 1.82) is 0 Å². The summed E-state index contributed by atoms with van der Waals surface area (Å²) in [6.45, 7) is 2.92. The van der Waals surface area contributed by atoms with Gasteiger partial charge in [-0.2, -0.15) is 0 Å². The van der Waals surface area contributed by atoms with Crippen molar-refractivity contribution in [1.82, 2.24) is 9.55 Å². The van der Waals surface area contributed by atoms with Crippen LogP contribution in [0.5, 0.6) is 0 Å². The summed E-state index contributed by atoms with van der Waals surface area (Å²) < 4.78 is 48.9. The fourth-order valence-corrected chi connectivity index (χ4v) is 4.48. The quantitative estimate of drug-likeness (QED) is 0.617. The highest BCUT2D eigenvalue weighted by Gasteiger charge is 2.63. The summed E-state index contributed by atoms with van der Waals surface area (Å²) in [5, 5.41) is -2.73. The van der Waals surface area contributed by atoms with Crippen LogP contribution in [0.25, 0.3) is 0 Å².